The minimum absolute atomic E-state index is 0.612. The minimum atomic E-state index is 0.612. The Balaban J connectivity index is 2.36. The average Bonchev–Trinajstić information content (AvgIpc) is 2.80. The Morgan fingerprint density at radius 3 is 2.88 bits per heavy atom. The number of hydrogen-bond acceptors (Lipinski definition) is 2. The SMILES string of the molecule is Cn1ccc(-n2c(=S)[nH]c3cc(Cl)ccc32)n1. The molecule has 0 amide bonds. The Morgan fingerprint density at radius 1 is 1.35 bits per heavy atom. The molecule has 2 aromatic heterocycles. The molecule has 0 aliphatic carbocycles. The van der Waals surface area contributed by atoms with Gasteiger partial charge in [-0.15, -0.1) is 0 Å². The van der Waals surface area contributed by atoms with Gasteiger partial charge in [-0.1, -0.05) is 11.6 Å². The maximum Gasteiger partial charge on any atom is 0.184 e. The largest absolute Gasteiger partial charge is 0.330 e. The van der Waals surface area contributed by atoms with Crippen LogP contribution in [0.4, 0.5) is 0 Å². The molecule has 1 aromatic carbocycles. The van der Waals surface area contributed by atoms with Crippen molar-refractivity contribution in [3.8, 4) is 5.82 Å². The summed E-state index contributed by atoms with van der Waals surface area (Å²) in [6.45, 7) is 0. The third kappa shape index (κ3) is 1.67. The number of aromatic nitrogens is 4. The summed E-state index contributed by atoms with van der Waals surface area (Å²) < 4.78 is 4.24. The van der Waals surface area contributed by atoms with Crippen LogP contribution in [0.15, 0.2) is 30.5 Å². The van der Waals surface area contributed by atoms with Crippen LogP contribution in [0.2, 0.25) is 5.02 Å². The van der Waals surface area contributed by atoms with Crippen molar-refractivity contribution in [2.45, 2.75) is 0 Å². The van der Waals surface area contributed by atoms with Crippen molar-refractivity contribution >= 4 is 34.9 Å². The fourth-order valence-electron chi connectivity index (χ4n) is 1.83. The number of H-pyrrole nitrogens is 1. The molecule has 4 nitrogen and oxygen atoms in total. The molecule has 0 aliphatic rings. The van der Waals surface area contributed by atoms with E-state index in [1.807, 2.05) is 42.1 Å². The lowest BCUT2D eigenvalue weighted by atomic mass is 10.3. The number of nitrogens with one attached hydrogen (secondary N) is 1. The molecule has 2 heterocycles. The predicted molar refractivity (Wildman–Crippen MR) is 70.2 cm³/mol. The van der Waals surface area contributed by atoms with Crippen molar-refractivity contribution in [2.75, 3.05) is 0 Å². The first kappa shape index (κ1) is 10.6. The van der Waals surface area contributed by atoms with E-state index < -0.39 is 0 Å². The molecule has 0 atom stereocenters. The number of imidazole rings is 1. The number of aryl methyl sites for hydroxylation is 1. The Kier molecular flexibility index (Phi) is 2.31. The maximum atomic E-state index is 5.95. The molecule has 17 heavy (non-hydrogen) atoms. The zero-order chi connectivity index (χ0) is 12.0. The number of fused-ring (bicyclic) bond motifs is 1. The van der Waals surface area contributed by atoms with Crippen LogP contribution >= 0.6 is 23.8 Å². The second-order valence-corrected chi connectivity index (χ2v) is 4.60. The van der Waals surface area contributed by atoms with E-state index in [1.54, 1.807) is 4.68 Å². The van der Waals surface area contributed by atoms with E-state index in [1.165, 1.54) is 0 Å². The van der Waals surface area contributed by atoms with Crippen molar-refractivity contribution in [1.82, 2.24) is 19.3 Å². The van der Waals surface area contributed by atoms with Crippen LogP contribution in [-0.2, 0) is 7.05 Å². The fraction of sp³-hybridized carbons (Fsp3) is 0.0909. The summed E-state index contributed by atoms with van der Waals surface area (Å²) in [5, 5.41) is 5.03. The van der Waals surface area contributed by atoms with Crippen molar-refractivity contribution in [3.63, 3.8) is 0 Å². The van der Waals surface area contributed by atoms with Gasteiger partial charge in [-0.05, 0) is 30.4 Å². The molecule has 0 radical (unpaired) electrons. The van der Waals surface area contributed by atoms with Crippen LogP contribution in [0.3, 0.4) is 0 Å². The molecule has 1 N–H and O–H groups in total. The van der Waals surface area contributed by atoms with E-state index in [4.69, 9.17) is 23.8 Å². The number of hydrogen-bond donors (Lipinski definition) is 1. The molecular weight excluding hydrogens is 256 g/mol. The average molecular weight is 265 g/mol. The molecule has 0 aliphatic heterocycles. The van der Waals surface area contributed by atoms with Crippen LogP contribution in [0.1, 0.15) is 0 Å². The summed E-state index contributed by atoms with van der Waals surface area (Å²) in [6.07, 6.45) is 1.88. The van der Waals surface area contributed by atoms with Crippen molar-refractivity contribution in [1.29, 1.82) is 0 Å². The Labute approximate surface area is 107 Å². The first-order valence-electron chi connectivity index (χ1n) is 5.05. The lowest BCUT2D eigenvalue weighted by molar-refractivity contribution is 0.752. The summed E-state index contributed by atoms with van der Waals surface area (Å²) in [6, 6.07) is 7.54. The molecule has 0 unspecified atom stereocenters. The number of nitrogens with zero attached hydrogens (tertiary/aromatic N) is 3. The summed E-state index contributed by atoms with van der Waals surface area (Å²) in [5.74, 6) is 0.797. The monoisotopic (exact) mass is 264 g/mol. The van der Waals surface area contributed by atoms with E-state index >= 15 is 0 Å². The van der Waals surface area contributed by atoms with Gasteiger partial charge in [0.1, 0.15) is 0 Å². The first-order valence-corrected chi connectivity index (χ1v) is 5.84. The van der Waals surface area contributed by atoms with Gasteiger partial charge in [-0.2, -0.15) is 5.10 Å². The third-order valence-electron chi connectivity index (χ3n) is 2.57. The van der Waals surface area contributed by atoms with Crippen LogP contribution < -0.4 is 0 Å². The second kappa shape index (κ2) is 3.72. The maximum absolute atomic E-state index is 5.95. The molecule has 3 rings (SSSR count). The fourth-order valence-corrected chi connectivity index (χ4v) is 2.31. The van der Waals surface area contributed by atoms with Gasteiger partial charge in [-0.25, -0.2) is 0 Å². The predicted octanol–water partition coefficient (Wildman–Crippen LogP) is 3.07. The summed E-state index contributed by atoms with van der Waals surface area (Å²) in [4.78, 5) is 3.12. The van der Waals surface area contributed by atoms with Gasteiger partial charge in [0.25, 0.3) is 0 Å². The van der Waals surface area contributed by atoms with E-state index in [0.29, 0.717) is 9.79 Å². The lowest BCUT2D eigenvalue weighted by Gasteiger charge is -1.99. The number of halogens is 1. The quantitative estimate of drug-likeness (QED) is 0.686. The van der Waals surface area contributed by atoms with E-state index in [0.717, 1.165) is 16.9 Å². The molecule has 6 heteroatoms. The molecule has 86 valence electrons. The number of aromatic amines is 1. The van der Waals surface area contributed by atoms with Gasteiger partial charge >= 0.3 is 0 Å². The van der Waals surface area contributed by atoms with Gasteiger partial charge in [0.2, 0.25) is 0 Å². The zero-order valence-corrected chi connectivity index (χ0v) is 10.6. The minimum Gasteiger partial charge on any atom is -0.330 e. The number of rotatable bonds is 1. The highest BCUT2D eigenvalue weighted by Crippen LogP contribution is 2.21. The van der Waals surface area contributed by atoms with Gasteiger partial charge in [-0.3, -0.25) is 9.25 Å². The van der Waals surface area contributed by atoms with E-state index in [9.17, 15) is 0 Å². The van der Waals surface area contributed by atoms with E-state index in [2.05, 4.69) is 10.1 Å². The molecule has 0 spiro atoms. The first-order chi connectivity index (χ1) is 8.15. The molecule has 0 fully saturated rings. The normalized spacial score (nSPS) is 11.2. The smallest absolute Gasteiger partial charge is 0.184 e. The molecular formula is C11H9ClN4S. The highest BCUT2D eigenvalue weighted by molar-refractivity contribution is 7.71. The second-order valence-electron chi connectivity index (χ2n) is 3.77. The topological polar surface area (TPSA) is 38.5 Å². The van der Waals surface area contributed by atoms with Crippen molar-refractivity contribution < 1.29 is 0 Å². The Morgan fingerprint density at radius 2 is 2.18 bits per heavy atom. The lowest BCUT2D eigenvalue weighted by Crippen LogP contribution is -1.96. The standard InChI is InChI=1S/C11H9ClN4S/c1-15-5-4-10(14-15)16-9-3-2-7(12)6-8(9)13-11(16)17/h2-6H,1H3,(H,13,17). The Bertz CT molecular complexity index is 752. The van der Waals surface area contributed by atoms with Crippen LogP contribution in [0.25, 0.3) is 16.9 Å². The molecule has 0 saturated carbocycles. The highest BCUT2D eigenvalue weighted by atomic mass is 35.5. The van der Waals surface area contributed by atoms with Gasteiger partial charge < -0.3 is 4.98 Å². The summed E-state index contributed by atoms with van der Waals surface area (Å²) in [5.41, 5.74) is 1.88. The van der Waals surface area contributed by atoms with E-state index in [-0.39, 0.29) is 0 Å². The molecule has 0 saturated heterocycles. The number of benzene rings is 1. The van der Waals surface area contributed by atoms with Crippen molar-refractivity contribution in [2.24, 2.45) is 7.05 Å². The zero-order valence-electron chi connectivity index (χ0n) is 9.01. The summed E-state index contributed by atoms with van der Waals surface area (Å²) in [7, 11) is 1.87. The van der Waals surface area contributed by atoms with Crippen molar-refractivity contribution in [3.05, 3.63) is 40.3 Å². The van der Waals surface area contributed by atoms with Gasteiger partial charge in [0.05, 0.1) is 11.0 Å². The molecule has 0 bridgehead atoms. The van der Waals surface area contributed by atoms with Gasteiger partial charge in [0, 0.05) is 24.3 Å². The third-order valence-corrected chi connectivity index (χ3v) is 3.09. The highest BCUT2D eigenvalue weighted by Gasteiger charge is 2.08. The molecule has 3 aromatic rings. The van der Waals surface area contributed by atoms with Crippen LogP contribution in [-0.4, -0.2) is 19.3 Å². The van der Waals surface area contributed by atoms with Crippen LogP contribution in [0, 0.1) is 4.77 Å². The summed E-state index contributed by atoms with van der Waals surface area (Å²) >= 11 is 11.2. The van der Waals surface area contributed by atoms with Crippen LogP contribution in [0.5, 0.6) is 0 Å². The van der Waals surface area contributed by atoms with Gasteiger partial charge in [0.15, 0.2) is 10.6 Å². The Hall–Kier alpha value is -1.59.